The van der Waals surface area contributed by atoms with Gasteiger partial charge in [-0.25, -0.2) is 8.78 Å². The number of benzene rings is 2. The van der Waals surface area contributed by atoms with E-state index in [0.717, 1.165) is 11.5 Å². The Hall–Kier alpha value is -1.74. The van der Waals surface area contributed by atoms with Crippen LogP contribution in [0.15, 0.2) is 36.4 Å². The molecule has 0 bridgehead atoms. The third-order valence-electron chi connectivity index (χ3n) is 6.03. The Morgan fingerprint density at radius 2 is 1.62 bits per heavy atom. The van der Waals surface area contributed by atoms with Crippen molar-refractivity contribution in [3.8, 4) is 11.1 Å². The minimum absolute atomic E-state index is 0.274. The average molecular weight is 356 g/mol. The highest BCUT2D eigenvalue weighted by Gasteiger charge is 2.30. The van der Waals surface area contributed by atoms with Crippen molar-refractivity contribution in [2.24, 2.45) is 5.92 Å². The van der Waals surface area contributed by atoms with Gasteiger partial charge in [0, 0.05) is 11.1 Å². The average Bonchev–Trinajstić information content (AvgIpc) is 3.50. The molecular weight excluding hydrogens is 330 g/mol. The summed E-state index contributed by atoms with van der Waals surface area (Å²) in [6, 6.07) is 11.4. The van der Waals surface area contributed by atoms with Gasteiger partial charge in [-0.05, 0) is 48.6 Å². The molecule has 0 spiro atoms. The van der Waals surface area contributed by atoms with Crippen LogP contribution in [0.4, 0.5) is 8.78 Å². The van der Waals surface area contributed by atoms with Gasteiger partial charge in [0.2, 0.25) is 0 Å². The van der Waals surface area contributed by atoms with E-state index in [1.807, 2.05) is 12.1 Å². The normalized spacial score (nSPS) is 25.3. The fourth-order valence-corrected chi connectivity index (χ4v) is 4.39. The number of rotatable bonds is 5. The molecule has 3 heteroatoms. The monoisotopic (exact) mass is 356 g/mol. The molecule has 4 rings (SSSR count). The molecule has 0 aromatic heterocycles. The first-order chi connectivity index (χ1) is 12.7. The lowest BCUT2D eigenvalue weighted by molar-refractivity contribution is 0.308. The van der Waals surface area contributed by atoms with E-state index in [0.29, 0.717) is 23.7 Å². The molecule has 1 aliphatic carbocycles. The number of hydrogen-bond acceptors (Lipinski definition) is 1. The van der Waals surface area contributed by atoms with E-state index in [2.05, 4.69) is 19.1 Å². The van der Waals surface area contributed by atoms with Crippen LogP contribution in [0.5, 0.6) is 0 Å². The van der Waals surface area contributed by atoms with Crippen molar-refractivity contribution in [1.82, 2.24) is 0 Å². The van der Waals surface area contributed by atoms with E-state index in [1.54, 1.807) is 12.1 Å². The van der Waals surface area contributed by atoms with E-state index in [9.17, 15) is 8.78 Å². The van der Waals surface area contributed by atoms with Crippen molar-refractivity contribution in [3.05, 3.63) is 59.2 Å². The molecular formula is C23H26F2O. The van der Waals surface area contributed by atoms with Crippen molar-refractivity contribution in [3.63, 3.8) is 0 Å². The second-order valence-corrected chi connectivity index (χ2v) is 7.78. The molecule has 1 saturated carbocycles. The van der Waals surface area contributed by atoms with E-state index in [4.69, 9.17) is 4.74 Å². The Morgan fingerprint density at radius 3 is 2.23 bits per heavy atom. The van der Waals surface area contributed by atoms with E-state index in [1.165, 1.54) is 44.1 Å². The van der Waals surface area contributed by atoms with Crippen molar-refractivity contribution in [2.75, 3.05) is 6.61 Å². The lowest BCUT2D eigenvalue weighted by Crippen LogP contribution is -2.13. The quantitative estimate of drug-likeness (QED) is 0.538. The topological polar surface area (TPSA) is 12.5 Å². The molecule has 2 aromatic carbocycles. The highest BCUT2D eigenvalue weighted by atomic mass is 19.2. The summed E-state index contributed by atoms with van der Waals surface area (Å²) < 4.78 is 33.8. The standard InChI is InChI=1S/C23H26F2O/c1-2-3-15-4-6-16(7-5-15)17-8-10-18(11-9-17)19-12-13-20(21-14-26-21)23(25)22(19)24/h8-13,15-16,21H,2-7,14H2,1H3. The van der Waals surface area contributed by atoms with Gasteiger partial charge in [-0.1, -0.05) is 56.2 Å². The third-order valence-corrected chi connectivity index (χ3v) is 6.03. The molecule has 0 amide bonds. The zero-order valence-corrected chi connectivity index (χ0v) is 15.3. The molecule has 1 heterocycles. The van der Waals surface area contributed by atoms with Crippen molar-refractivity contribution in [1.29, 1.82) is 0 Å². The van der Waals surface area contributed by atoms with Crippen LogP contribution in [-0.2, 0) is 4.74 Å². The number of halogens is 2. The van der Waals surface area contributed by atoms with Crippen LogP contribution in [-0.4, -0.2) is 6.61 Å². The van der Waals surface area contributed by atoms with Crippen molar-refractivity contribution in [2.45, 2.75) is 57.5 Å². The molecule has 1 saturated heterocycles. The summed E-state index contributed by atoms with van der Waals surface area (Å²) in [5, 5.41) is 0. The largest absolute Gasteiger partial charge is 0.368 e. The van der Waals surface area contributed by atoms with Crippen LogP contribution < -0.4 is 0 Å². The summed E-state index contributed by atoms with van der Waals surface area (Å²) in [6.07, 6.45) is 7.45. The van der Waals surface area contributed by atoms with E-state index in [-0.39, 0.29) is 6.10 Å². The zero-order chi connectivity index (χ0) is 18.1. The molecule has 0 N–H and O–H groups in total. The SMILES string of the molecule is CCCC1CCC(c2ccc(-c3ccc(C4CO4)c(F)c3F)cc2)CC1. The van der Waals surface area contributed by atoms with Crippen molar-refractivity contribution >= 4 is 0 Å². The summed E-state index contributed by atoms with van der Waals surface area (Å²) in [4.78, 5) is 0. The van der Waals surface area contributed by atoms with Gasteiger partial charge in [0.15, 0.2) is 11.6 Å². The first-order valence-corrected chi connectivity index (χ1v) is 9.87. The van der Waals surface area contributed by atoms with Crippen LogP contribution in [0.2, 0.25) is 0 Å². The molecule has 2 aliphatic rings. The minimum Gasteiger partial charge on any atom is -0.368 e. The van der Waals surface area contributed by atoms with Gasteiger partial charge in [0.1, 0.15) is 6.10 Å². The van der Waals surface area contributed by atoms with Gasteiger partial charge in [0.05, 0.1) is 6.61 Å². The molecule has 2 fully saturated rings. The Balaban J connectivity index is 1.49. The summed E-state index contributed by atoms with van der Waals surface area (Å²) in [5.41, 5.74) is 2.71. The molecule has 138 valence electrons. The number of hydrogen-bond donors (Lipinski definition) is 0. The predicted molar refractivity (Wildman–Crippen MR) is 100 cm³/mol. The fourth-order valence-electron chi connectivity index (χ4n) is 4.39. The second-order valence-electron chi connectivity index (χ2n) is 7.78. The Kier molecular flexibility index (Phi) is 5.08. The molecule has 1 nitrogen and oxygen atoms in total. The summed E-state index contributed by atoms with van der Waals surface area (Å²) in [7, 11) is 0. The number of epoxide rings is 1. The smallest absolute Gasteiger partial charge is 0.167 e. The van der Waals surface area contributed by atoms with Crippen molar-refractivity contribution < 1.29 is 13.5 Å². The Labute approximate surface area is 154 Å². The maximum absolute atomic E-state index is 14.5. The molecule has 26 heavy (non-hydrogen) atoms. The highest BCUT2D eigenvalue weighted by Crippen LogP contribution is 2.39. The van der Waals surface area contributed by atoms with E-state index < -0.39 is 11.6 Å². The van der Waals surface area contributed by atoms with Gasteiger partial charge in [0.25, 0.3) is 0 Å². The van der Waals surface area contributed by atoms with Crippen LogP contribution >= 0.6 is 0 Å². The van der Waals surface area contributed by atoms with Gasteiger partial charge in [-0.3, -0.25) is 0 Å². The summed E-state index contributed by atoms with van der Waals surface area (Å²) in [6.45, 7) is 2.74. The predicted octanol–water partition coefficient (Wildman–Crippen LogP) is 6.78. The summed E-state index contributed by atoms with van der Waals surface area (Å²) >= 11 is 0. The molecule has 1 atom stereocenters. The maximum Gasteiger partial charge on any atom is 0.167 e. The van der Waals surface area contributed by atoms with Gasteiger partial charge >= 0.3 is 0 Å². The van der Waals surface area contributed by atoms with E-state index >= 15 is 0 Å². The summed E-state index contributed by atoms with van der Waals surface area (Å²) in [5.74, 6) is -0.0520. The van der Waals surface area contributed by atoms with Crippen LogP contribution in [0, 0.1) is 17.6 Å². The van der Waals surface area contributed by atoms with Gasteiger partial charge < -0.3 is 4.74 Å². The lowest BCUT2D eigenvalue weighted by Gasteiger charge is -2.28. The minimum atomic E-state index is -0.775. The number of ether oxygens (including phenoxy) is 1. The molecule has 1 aliphatic heterocycles. The van der Waals surface area contributed by atoms with Gasteiger partial charge in [-0.2, -0.15) is 0 Å². The Bertz CT molecular complexity index is 757. The highest BCUT2D eigenvalue weighted by molar-refractivity contribution is 5.65. The fraction of sp³-hybridized carbons (Fsp3) is 0.478. The molecule has 0 radical (unpaired) electrons. The third kappa shape index (κ3) is 3.55. The van der Waals surface area contributed by atoms with Crippen LogP contribution in [0.3, 0.4) is 0 Å². The maximum atomic E-state index is 14.5. The lowest BCUT2D eigenvalue weighted by atomic mass is 9.77. The van der Waals surface area contributed by atoms with Gasteiger partial charge in [-0.15, -0.1) is 0 Å². The second kappa shape index (κ2) is 7.48. The first-order valence-electron chi connectivity index (χ1n) is 9.87. The van der Waals surface area contributed by atoms with Crippen LogP contribution in [0.1, 0.15) is 68.6 Å². The molecule has 2 aromatic rings. The Morgan fingerprint density at radius 1 is 0.923 bits per heavy atom. The first kappa shape index (κ1) is 17.7. The van der Waals surface area contributed by atoms with Crippen LogP contribution in [0.25, 0.3) is 11.1 Å². The molecule has 1 unspecified atom stereocenters. The zero-order valence-electron chi connectivity index (χ0n) is 15.3.